The molecular formula is C17H15Br. The summed E-state index contributed by atoms with van der Waals surface area (Å²) in [5.41, 5.74) is 6.98. The van der Waals surface area contributed by atoms with Gasteiger partial charge in [-0.2, -0.15) is 0 Å². The Hall–Kier alpha value is -1.34. The zero-order valence-corrected chi connectivity index (χ0v) is 12.2. The smallest absolute Gasteiger partial charge is 0.0308 e. The summed E-state index contributed by atoms with van der Waals surface area (Å²) >= 11 is 3.58. The monoisotopic (exact) mass is 298 g/mol. The van der Waals surface area contributed by atoms with Crippen LogP contribution in [0.2, 0.25) is 0 Å². The van der Waals surface area contributed by atoms with Crippen LogP contribution in [0.1, 0.15) is 35.1 Å². The van der Waals surface area contributed by atoms with Crippen LogP contribution in [0.5, 0.6) is 0 Å². The first-order valence-corrected chi connectivity index (χ1v) is 6.99. The lowest BCUT2D eigenvalue weighted by Crippen LogP contribution is -2.01. The molecule has 0 fully saturated rings. The van der Waals surface area contributed by atoms with E-state index in [1.54, 1.807) is 0 Å². The predicted molar refractivity (Wildman–Crippen MR) is 80.8 cm³/mol. The Morgan fingerprint density at radius 1 is 0.944 bits per heavy atom. The average molecular weight is 299 g/mol. The molecule has 0 nitrogen and oxygen atoms in total. The molecule has 1 aliphatic rings. The van der Waals surface area contributed by atoms with Gasteiger partial charge in [0, 0.05) is 10.4 Å². The van der Waals surface area contributed by atoms with Crippen LogP contribution < -0.4 is 0 Å². The van der Waals surface area contributed by atoms with Crippen molar-refractivity contribution in [2.45, 2.75) is 19.8 Å². The van der Waals surface area contributed by atoms with Crippen molar-refractivity contribution < 1.29 is 0 Å². The number of rotatable bonds is 1. The van der Waals surface area contributed by atoms with E-state index in [1.165, 1.54) is 27.8 Å². The molecule has 0 heterocycles. The van der Waals surface area contributed by atoms with Crippen LogP contribution >= 0.6 is 15.9 Å². The highest BCUT2D eigenvalue weighted by Gasteiger charge is 2.25. The van der Waals surface area contributed by atoms with Gasteiger partial charge in [0.1, 0.15) is 0 Å². The molecule has 0 amide bonds. The SMILES string of the molecule is CC1=Cc2ccc(Br)cc2C1c1ccccc1C. The fourth-order valence-electron chi connectivity index (χ4n) is 2.82. The number of hydrogen-bond donors (Lipinski definition) is 0. The third-order valence-electron chi connectivity index (χ3n) is 3.70. The molecule has 0 saturated carbocycles. The van der Waals surface area contributed by atoms with Gasteiger partial charge in [-0.3, -0.25) is 0 Å². The Labute approximate surface area is 116 Å². The molecule has 1 unspecified atom stereocenters. The summed E-state index contributed by atoms with van der Waals surface area (Å²) in [6.45, 7) is 4.42. The lowest BCUT2D eigenvalue weighted by atomic mass is 9.86. The number of allylic oxidation sites excluding steroid dienone is 1. The second-order valence-electron chi connectivity index (χ2n) is 4.95. The summed E-state index contributed by atoms with van der Waals surface area (Å²) in [7, 11) is 0. The van der Waals surface area contributed by atoms with E-state index in [-0.39, 0.29) is 0 Å². The molecule has 18 heavy (non-hydrogen) atoms. The molecular weight excluding hydrogens is 284 g/mol. The largest absolute Gasteiger partial charge is 0.0620 e. The van der Waals surface area contributed by atoms with Crippen molar-refractivity contribution in [2.75, 3.05) is 0 Å². The molecule has 0 spiro atoms. The van der Waals surface area contributed by atoms with E-state index in [2.05, 4.69) is 78.3 Å². The molecule has 0 aliphatic heterocycles. The normalized spacial score (nSPS) is 17.5. The van der Waals surface area contributed by atoms with Gasteiger partial charge in [0.15, 0.2) is 0 Å². The fraction of sp³-hybridized carbons (Fsp3) is 0.176. The first-order chi connectivity index (χ1) is 8.66. The van der Waals surface area contributed by atoms with Gasteiger partial charge in [-0.15, -0.1) is 0 Å². The maximum Gasteiger partial charge on any atom is 0.0308 e. The Balaban J connectivity index is 2.18. The van der Waals surface area contributed by atoms with Crippen molar-refractivity contribution in [1.82, 2.24) is 0 Å². The van der Waals surface area contributed by atoms with Crippen LogP contribution in [-0.2, 0) is 0 Å². The van der Waals surface area contributed by atoms with Gasteiger partial charge in [-0.1, -0.05) is 57.9 Å². The van der Waals surface area contributed by atoms with E-state index >= 15 is 0 Å². The van der Waals surface area contributed by atoms with Gasteiger partial charge in [0.2, 0.25) is 0 Å². The van der Waals surface area contributed by atoms with Crippen molar-refractivity contribution >= 4 is 22.0 Å². The number of fused-ring (bicyclic) bond motifs is 1. The minimum atomic E-state index is 0.415. The zero-order chi connectivity index (χ0) is 12.7. The molecule has 0 N–H and O–H groups in total. The molecule has 0 aromatic heterocycles. The highest BCUT2D eigenvalue weighted by Crippen LogP contribution is 2.42. The van der Waals surface area contributed by atoms with Crippen LogP contribution in [-0.4, -0.2) is 0 Å². The minimum absolute atomic E-state index is 0.415. The molecule has 1 heteroatoms. The molecule has 0 saturated heterocycles. The van der Waals surface area contributed by atoms with Crippen LogP contribution in [0.15, 0.2) is 52.5 Å². The standard InChI is InChI=1S/C17H15Br/c1-11-5-3-4-6-15(11)17-12(2)9-13-7-8-14(18)10-16(13)17/h3-10,17H,1-2H3. The van der Waals surface area contributed by atoms with Crippen LogP contribution in [0.4, 0.5) is 0 Å². The van der Waals surface area contributed by atoms with Crippen molar-refractivity contribution in [1.29, 1.82) is 0 Å². The third kappa shape index (κ3) is 1.83. The van der Waals surface area contributed by atoms with Gasteiger partial charge in [-0.25, -0.2) is 0 Å². The van der Waals surface area contributed by atoms with Gasteiger partial charge < -0.3 is 0 Å². The van der Waals surface area contributed by atoms with Crippen LogP contribution in [0.3, 0.4) is 0 Å². The Kier molecular flexibility index (Phi) is 2.87. The first kappa shape index (κ1) is 11.7. The molecule has 2 aromatic carbocycles. The Bertz CT molecular complexity index is 638. The zero-order valence-electron chi connectivity index (χ0n) is 10.6. The van der Waals surface area contributed by atoms with Gasteiger partial charge >= 0.3 is 0 Å². The second-order valence-corrected chi connectivity index (χ2v) is 5.87. The number of hydrogen-bond acceptors (Lipinski definition) is 0. The van der Waals surface area contributed by atoms with Gasteiger partial charge in [0.05, 0.1) is 0 Å². The quantitative estimate of drug-likeness (QED) is 0.669. The molecule has 2 aromatic rings. The lowest BCUT2D eigenvalue weighted by molar-refractivity contribution is 0.961. The lowest BCUT2D eigenvalue weighted by Gasteiger charge is -2.17. The fourth-order valence-corrected chi connectivity index (χ4v) is 3.20. The summed E-state index contributed by atoms with van der Waals surface area (Å²) in [5.74, 6) is 0.415. The summed E-state index contributed by atoms with van der Waals surface area (Å²) in [6.07, 6.45) is 2.30. The van der Waals surface area contributed by atoms with E-state index in [0.29, 0.717) is 5.92 Å². The summed E-state index contributed by atoms with van der Waals surface area (Å²) in [5, 5.41) is 0. The van der Waals surface area contributed by atoms with Crippen LogP contribution in [0.25, 0.3) is 6.08 Å². The molecule has 90 valence electrons. The van der Waals surface area contributed by atoms with E-state index < -0.39 is 0 Å². The molecule has 3 rings (SSSR count). The Morgan fingerprint density at radius 3 is 2.50 bits per heavy atom. The van der Waals surface area contributed by atoms with Gasteiger partial charge in [-0.05, 0) is 48.2 Å². The number of aryl methyl sites for hydroxylation is 1. The van der Waals surface area contributed by atoms with Gasteiger partial charge in [0.25, 0.3) is 0 Å². The van der Waals surface area contributed by atoms with E-state index in [4.69, 9.17) is 0 Å². The number of benzene rings is 2. The van der Waals surface area contributed by atoms with Crippen molar-refractivity contribution in [2.24, 2.45) is 0 Å². The van der Waals surface area contributed by atoms with E-state index in [1.807, 2.05) is 0 Å². The van der Waals surface area contributed by atoms with E-state index in [9.17, 15) is 0 Å². The van der Waals surface area contributed by atoms with E-state index in [0.717, 1.165) is 4.47 Å². The Morgan fingerprint density at radius 2 is 1.72 bits per heavy atom. The highest BCUT2D eigenvalue weighted by atomic mass is 79.9. The summed E-state index contributed by atoms with van der Waals surface area (Å²) in [6, 6.07) is 15.2. The average Bonchev–Trinajstić information content (AvgIpc) is 2.66. The number of halogens is 1. The topological polar surface area (TPSA) is 0 Å². The second kappa shape index (κ2) is 4.40. The first-order valence-electron chi connectivity index (χ1n) is 6.20. The van der Waals surface area contributed by atoms with Crippen LogP contribution in [0, 0.1) is 6.92 Å². The molecule has 1 atom stereocenters. The molecule has 1 aliphatic carbocycles. The van der Waals surface area contributed by atoms with Crippen molar-refractivity contribution in [3.05, 3.63) is 74.8 Å². The maximum absolute atomic E-state index is 3.58. The predicted octanol–water partition coefficient (Wildman–Crippen LogP) is 5.31. The maximum atomic E-state index is 3.58. The summed E-state index contributed by atoms with van der Waals surface area (Å²) in [4.78, 5) is 0. The summed E-state index contributed by atoms with van der Waals surface area (Å²) < 4.78 is 1.16. The third-order valence-corrected chi connectivity index (χ3v) is 4.19. The highest BCUT2D eigenvalue weighted by molar-refractivity contribution is 9.10. The molecule has 0 radical (unpaired) electrons. The minimum Gasteiger partial charge on any atom is -0.0620 e. The van der Waals surface area contributed by atoms with Crippen molar-refractivity contribution in [3.8, 4) is 0 Å². The molecule has 0 bridgehead atoms. The van der Waals surface area contributed by atoms with Crippen molar-refractivity contribution in [3.63, 3.8) is 0 Å².